The topological polar surface area (TPSA) is 38.3 Å². The Kier molecular flexibility index (Phi) is 5.33. The third-order valence-corrected chi connectivity index (χ3v) is 4.15. The smallest absolute Gasteiger partial charge is 0.255 e. The standard InChI is InChI=1S/C21H27NO2/c1-14(2)15-7-9-16(10-8-15)20(23)22-18-13-17(21(3,4)5)11-12-19(18)24-6/h7-14H,1-6H3,(H,22,23). The molecule has 0 fully saturated rings. The number of benzene rings is 2. The summed E-state index contributed by atoms with van der Waals surface area (Å²) in [4.78, 5) is 12.6. The predicted octanol–water partition coefficient (Wildman–Crippen LogP) is 5.37. The van der Waals surface area contributed by atoms with Crippen molar-refractivity contribution in [1.82, 2.24) is 0 Å². The Morgan fingerprint density at radius 1 is 1.04 bits per heavy atom. The van der Waals surface area contributed by atoms with E-state index in [0.717, 1.165) is 5.56 Å². The van der Waals surface area contributed by atoms with E-state index in [2.05, 4.69) is 39.9 Å². The summed E-state index contributed by atoms with van der Waals surface area (Å²) in [6, 6.07) is 13.7. The van der Waals surface area contributed by atoms with E-state index in [1.54, 1.807) is 7.11 Å². The fraction of sp³-hybridized carbons (Fsp3) is 0.381. The van der Waals surface area contributed by atoms with Crippen molar-refractivity contribution in [2.24, 2.45) is 0 Å². The highest BCUT2D eigenvalue weighted by atomic mass is 16.5. The minimum atomic E-state index is -0.130. The number of amides is 1. The fourth-order valence-corrected chi connectivity index (χ4v) is 2.49. The van der Waals surface area contributed by atoms with E-state index in [9.17, 15) is 4.79 Å². The van der Waals surface area contributed by atoms with Crippen molar-refractivity contribution < 1.29 is 9.53 Å². The van der Waals surface area contributed by atoms with Crippen LogP contribution in [0.4, 0.5) is 5.69 Å². The summed E-state index contributed by atoms with van der Waals surface area (Å²) in [6.45, 7) is 10.7. The first kappa shape index (κ1) is 18.1. The molecule has 0 heterocycles. The average Bonchev–Trinajstić information content (AvgIpc) is 2.54. The largest absolute Gasteiger partial charge is 0.495 e. The molecule has 24 heavy (non-hydrogen) atoms. The number of carbonyl (C=O) groups is 1. The monoisotopic (exact) mass is 325 g/mol. The van der Waals surface area contributed by atoms with E-state index in [0.29, 0.717) is 22.9 Å². The zero-order chi connectivity index (χ0) is 17.9. The Hall–Kier alpha value is -2.29. The van der Waals surface area contributed by atoms with Crippen molar-refractivity contribution in [1.29, 1.82) is 0 Å². The molecule has 1 N–H and O–H groups in total. The molecule has 0 saturated heterocycles. The lowest BCUT2D eigenvalue weighted by Gasteiger charge is -2.21. The van der Waals surface area contributed by atoms with Gasteiger partial charge in [-0.2, -0.15) is 0 Å². The summed E-state index contributed by atoms with van der Waals surface area (Å²) in [5.41, 5.74) is 3.71. The van der Waals surface area contributed by atoms with E-state index in [1.807, 2.05) is 42.5 Å². The number of hydrogen-bond donors (Lipinski definition) is 1. The molecule has 0 spiro atoms. The quantitative estimate of drug-likeness (QED) is 0.821. The lowest BCUT2D eigenvalue weighted by Crippen LogP contribution is -2.15. The Morgan fingerprint density at radius 2 is 1.67 bits per heavy atom. The first-order chi connectivity index (χ1) is 11.2. The second-order valence-electron chi connectivity index (χ2n) is 7.40. The van der Waals surface area contributed by atoms with Crippen molar-refractivity contribution in [2.75, 3.05) is 12.4 Å². The number of rotatable bonds is 4. The number of nitrogens with one attached hydrogen (secondary N) is 1. The van der Waals surface area contributed by atoms with Gasteiger partial charge in [-0.05, 0) is 46.7 Å². The van der Waals surface area contributed by atoms with E-state index in [4.69, 9.17) is 4.74 Å². The molecule has 0 aromatic heterocycles. The third-order valence-electron chi connectivity index (χ3n) is 4.15. The second kappa shape index (κ2) is 7.08. The van der Waals surface area contributed by atoms with E-state index < -0.39 is 0 Å². The molecule has 2 aromatic rings. The molecule has 0 radical (unpaired) electrons. The van der Waals surface area contributed by atoms with Gasteiger partial charge in [0.25, 0.3) is 5.91 Å². The fourth-order valence-electron chi connectivity index (χ4n) is 2.49. The van der Waals surface area contributed by atoms with Crippen molar-refractivity contribution >= 4 is 11.6 Å². The molecule has 2 aromatic carbocycles. The second-order valence-corrected chi connectivity index (χ2v) is 7.40. The first-order valence-electron chi connectivity index (χ1n) is 8.32. The third kappa shape index (κ3) is 4.16. The average molecular weight is 325 g/mol. The molecular weight excluding hydrogens is 298 g/mol. The highest BCUT2D eigenvalue weighted by molar-refractivity contribution is 6.05. The normalized spacial score (nSPS) is 11.5. The Labute approximate surface area is 145 Å². The lowest BCUT2D eigenvalue weighted by molar-refractivity contribution is 0.102. The summed E-state index contributed by atoms with van der Waals surface area (Å²) in [5.74, 6) is 0.982. The van der Waals surface area contributed by atoms with E-state index in [1.165, 1.54) is 5.56 Å². The van der Waals surface area contributed by atoms with Gasteiger partial charge in [-0.15, -0.1) is 0 Å². The summed E-state index contributed by atoms with van der Waals surface area (Å²) >= 11 is 0. The maximum absolute atomic E-state index is 12.6. The summed E-state index contributed by atoms with van der Waals surface area (Å²) in [6.07, 6.45) is 0. The first-order valence-corrected chi connectivity index (χ1v) is 8.32. The van der Waals surface area contributed by atoms with Crippen LogP contribution in [0, 0.1) is 0 Å². The van der Waals surface area contributed by atoms with Gasteiger partial charge in [-0.25, -0.2) is 0 Å². The molecule has 2 rings (SSSR count). The van der Waals surface area contributed by atoms with Crippen molar-refractivity contribution in [3.05, 3.63) is 59.2 Å². The van der Waals surface area contributed by atoms with Gasteiger partial charge in [0, 0.05) is 5.56 Å². The molecule has 3 heteroatoms. The minimum absolute atomic E-state index is 0.00462. The van der Waals surface area contributed by atoms with Gasteiger partial charge >= 0.3 is 0 Å². The molecule has 0 saturated carbocycles. The van der Waals surface area contributed by atoms with Gasteiger partial charge < -0.3 is 10.1 Å². The molecule has 0 aliphatic heterocycles. The van der Waals surface area contributed by atoms with Crippen LogP contribution < -0.4 is 10.1 Å². The molecule has 0 bridgehead atoms. The summed E-state index contributed by atoms with van der Waals surface area (Å²) < 4.78 is 5.39. The van der Waals surface area contributed by atoms with Crippen molar-refractivity contribution in [3.8, 4) is 5.75 Å². The SMILES string of the molecule is COc1ccc(C(C)(C)C)cc1NC(=O)c1ccc(C(C)C)cc1. The lowest BCUT2D eigenvalue weighted by atomic mass is 9.87. The van der Waals surface area contributed by atoms with Crippen LogP contribution in [0.25, 0.3) is 0 Å². The highest BCUT2D eigenvalue weighted by Gasteiger charge is 2.17. The molecule has 0 atom stereocenters. The molecule has 128 valence electrons. The highest BCUT2D eigenvalue weighted by Crippen LogP contribution is 2.31. The molecule has 3 nitrogen and oxygen atoms in total. The number of ether oxygens (including phenoxy) is 1. The van der Waals surface area contributed by atoms with Crippen LogP contribution in [0.1, 0.15) is 62.0 Å². The number of anilines is 1. The van der Waals surface area contributed by atoms with Gasteiger partial charge in [-0.1, -0.05) is 52.8 Å². The number of methoxy groups -OCH3 is 1. The van der Waals surface area contributed by atoms with Crippen LogP contribution in [0.5, 0.6) is 5.75 Å². The van der Waals surface area contributed by atoms with Crippen LogP contribution in [0.3, 0.4) is 0 Å². The number of hydrogen-bond acceptors (Lipinski definition) is 2. The van der Waals surface area contributed by atoms with Crippen LogP contribution >= 0.6 is 0 Å². The molecule has 0 unspecified atom stereocenters. The van der Waals surface area contributed by atoms with Crippen molar-refractivity contribution in [2.45, 2.75) is 46.0 Å². The maximum atomic E-state index is 12.6. The van der Waals surface area contributed by atoms with Crippen LogP contribution in [0.2, 0.25) is 0 Å². The molecule has 0 aliphatic rings. The van der Waals surface area contributed by atoms with Crippen LogP contribution in [0.15, 0.2) is 42.5 Å². The molecule has 1 amide bonds. The zero-order valence-electron chi connectivity index (χ0n) is 15.4. The van der Waals surface area contributed by atoms with Gasteiger partial charge in [0.1, 0.15) is 5.75 Å². The minimum Gasteiger partial charge on any atom is -0.495 e. The van der Waals surface area contributed by atoms with Crippen LogP contribution in [-0.2, 0) is 5.41 Å². The van der Waals surface area contributed by atoms with Gasteiger partial charge in [0.15, 0.2) is 0 Å². The van der Waals surface area contributed by atoms with E-state index in [-0.39, 0.29) is 11.3 Å². The molecule has 0 aliphatic carbocycles. The maximum Gasteiger partial charge on any atom is 0.255 e. The molecular formula is C21H27NO2. The van der Waals surface area contributed by atoms with Gasteiger partial charge in [0.05, 0.1) is 12.8 Å². The van der Waals surface area contributed by atoms with Crippen molar-refractivity contribution in [3.63, 3.8) is 0 Å². The summed E-state index contributed by atoms with van der Waals surface area (Å²) in [5, 5.41) is 2.97. The Bertz CT molecular complexity index is 710. The zero-order valence-corrected chi connectivity index (χ0v) is 15.4. The van der Waals surface area contributed by atoms with Gasteiger partial charge in [-0.3, -0.25) is 4.79 Å². The number of carbonyl (C=O) groups excluding carboxylic acids is 1. The summed E-state index contributed by atoms with van der Waals surface area (Å²) in [7, 11) is 1.61. The Balaban J connectivity index is 2.27. The van der Waals surface area contributed by atoms with E-state index >= 15 is 0 Å². The Morgan fingerprint density at radius 3 is 2.17 bits per heavy atom. The predicted molar refractivity (Wildman–Crippen MR) is 100 cm³/mol. The van der Waals surface area contributed by atoms with Crippen LogP contribution in [-0.4, -0.2) is 13.0 Å². The van der Waals surface area contributed by atoms with Gasteiger partial charge in [0.2, 0.25) is 0 Å².